The number of hydrogen-bond acceptors (Lipinski definition) is 8. The molecule has 1 aromatic heterocycles. The predicted octanol–water partition coefficient (Wildman–Crippen LogP) is 1.03. The van der Waals surface area contributed by atoms with Gasteiger partial charge in [-0.3, -0.25) is 14.4 Å². The van der Waals surface area contributed by atoms with E-state index in [1.54, 1.807) is 22.6 Å². The van der Waals surface area contributed by atoms with Crippen LogP contribution in [0.25, 0.3) is 11.0 Å². The van der Waals surface area contributed by atoms with Crippen molar-refractivity contribution in [3.63, 3.8) is 0 Å². The molecule has 1 N–H and O–H groups in total. The van der Waals surface area contributed by atoms with Gasteiger partial charge < -0.3 is 24.4 Å². The molecule has 2 amide bonds. The molecule has 4 aliphatic rings. The summed E-state index contributed by atoms with van der Waals surface area (Å²) in [5.41, 5.74) is -0.977. The van der Waals surface area contributed by atoms with E-state index in [1.807, 2.05) is 42.5 Å². The Bertz CT molecular complexity index is 1340. The first-order valence-corrected chi connectivity index (χ1v) is 13.1. The molecule has 5 heterocycles. The number of esters is 1. The Morgan fingerprint density at radius 1 is 1.11 bits per heavy atom. The predicted molar refractivity (Wildman–Crippen MR) is 134 cm³/mol. The summed E-state index contributed by atoms with van der Waals surface area (Å²) in [4.78, 5) is 44.8. The molecule has 1 unspecified atom stereocenters. The second kappa shape index (κ2) is 9.32. The van der Waals surface area contributed by atoms with Crippen LogP contribution in [0.3, 0.4) is 0 Å². The number of aromatic nitrogens is 3. The molecule has 2 aromatic rings. The molecule has 1 spiro atoms. The van der Waals surface area contributed by atoms with Gasteiger partial charge >= 0.3 is 5.97 Å². The van der Waals surface area contributed by atoms with E-state index in [9.17, 15) is 19.5 Å². The number of ether oxygens (including phenoxy) is 2. The number of rotatable bonds is 5. The number of amides is 2. The number of para-hydroxylation sites is 1. The first kappa shape index (κ1) is 24.7. The third kappa shape index (κ3) is 3.67. The summed E-state index contributed by atoms with van der Waals surface area (Å²) in [6, 6.07) is 6.48. The van der Waals surface area contributed by atoms with Gasteiger partial charge in [-0.1, -0.05) is 41.7 Å². The average molecular weight is 522 g/mol. The van der Waals surface area contributed by atoms with Crippen LogP contribution in [0.4, 0.5) is 0 Å². The van der Waals surface area contributed by atoms with E-state index in [1.165, 1.54) is 4.90 Å². The Morgan fingerprint density at radius 3 is 2.79 bits per heavy atom. The Hall–Kier alpha value is -3.57. The van der Waals surface area contributed by atoms with Gasteiger partial charge in [0.15, 0.2) is 0 Å². The summed E-state index contributed by atoms with van der Waals surface area (Å²) in [6.07, 6.45) is 9.12. The van der Waals surface area contributed by atoms with Crippen LogP contribution in [0.15, 0.2) is 48.6 Å². The van der Waals surface area contributed by atoms with Gasteiger partial charge in [0, 0.05) is 19.7 Å². The zero-order valence-electron chi connectivity index (χ0n) is 21.2. The second-order valence-corrected chi connectivity index (χ2v) is 10.5. The smallest absolute Gasteiger partial charge is 0.313 e. The molecule has 5 atom stereocenters. The average Bonchev–Trinajstić information content (AvgIpc) is 3.47. The summed E-state index contributed by atoms with van der Waals surface area (Å²) in [7, 11) is 0. The summed E-state index contributed by atoms with van der Waals surface area (Å²) >= 11 is 0. The molecule has 0 radical (unpaired) electrons. The maximum atomic E-state index is 14.3. The third-order valence-electron chi connectivity index (χ3n) is 8.12. The minimum Gasteiger partial charge on any atom is -0.465 e. The monoisotopic (exact) mass is 521 g/mol. The minimum absolute atomic E-state index is 0.131. The quantitative estimate of drug-likeness (QED) is 0.457. The molecule has 2 fully saturated rings. The summed E-state index contributed by atoms with van der Waals surface area (Å²) in [6.45, 7) is 2.47. The Morgan fingerprint density at radius 2 is 1.95 bits per heavy atom. The fraction of sp³-hybridized carbons (Fsp3) is 0.519. The van der Waals surface area contributed by atoms with E-state index in [-0.39, 0.29) is 44.8 Å². The van der Waals surface area contributed by atoms with Gasteiger partial charge in [0.2, 0.25) is 5.91 Å². The maximum Gasteiger partial charge on any atom is 0.313 e. The van der Waals surface area contributed by atoms with Crippen LogP contribution in [-0.4, -0.2) is 91.2 Å². The van der Waals surface area contributed by atoms with Crippen LogP contribution in [0.5, 0.6) is 0 Å². The van der Waals surface area contributed by atoms with Crippen molar-refractivity contribution in [1.29, 1.82) is 0 Å². The van der Waals surface area contributed by atoms with Crippen LogP contribution in [0.2, 0.25) is 0 Å². The second-order valence-electron chi connectivity index (χ2n) is 10.5. The van der Waals surface area contributed by atoms with Crippen molar-refractivity contribution in [3.8, 4) is 0 Å². The lowest BCUT2D eigenvalue weighted by Gasteiger charge is -2.37. The van der Waals surface area contributed by atoms with E-state index in [0.29, 0.717) is 24.8 Å². The van der Waals surface area contributed by atoms with Gasteiger partial charge in [-0.05, 0) is 38.3 Å². The zero-order chi connectivity index (χ0) is 26.5. The van der Waals surface area contributed by atoms with Crippen molar-refractivity contribution in [2.24, 2.45) is 11.8 Å². The maximum absolute atomic E-state index is 14.3. The number of aliphatic hydroxyl groups is 1. The van der Waals surface area contributed by atoms with Crippen molar-refractivity contribution in [2.45, 2.75) is 50.1 Å². The van der Waals surface area contributed by atoms with Gasteiger partial charge in [-0.15, -0.1) is 5.10 Å². The van der Waals surface area contributed by atoms with E-state index >= 15 is 0 Å². The number of fused-ring (bicyclic) bond motifs is 3. The number of benzene rings is 1. The molecular weight excluding hydrogens is 490 g/mol. The SMILES string of the molecule is C[C@]12/C=C\CCCOC(=O)[C@H]1[C@H]1C(=O)N(CCCO)C3C(=O)N(Cn4nnc5ccccc54)CC=C[C@@]31O2. The van der Waals surface area contributed by atoms with Gasteiger partial charge in [-0.25, -0.2) is 4.68 Å². The highest BCUT2D eigenvalue weighted by Gasteiger charge is 2.74. The third-order valence-corrected chi connectivity index (χ3v) is 8.12. The number of hydrogen-bond donors (Lipinski definition) is 1. The standard InChI is InChI=1S/C27H31N5O6/c1-26-11-5-2-6-16-37-25(36)21(26)20-23(34)31(14-8-15-33)22-24(35)30(13-7-12-27(20,22)38-26)17-32-19-10-4-3-9-18(19)28-29-32/h3-5,7,9-12,20-22,33H,2,6,8,13-17H2,1H3/b11-5-/t20-,21+,22?,26-,27-/m0/s1. The number of carbonyl (C=O) groups excluding carboxylic acids is 3. The van der Waals surface area contributed by atoms with Crippen molar-refractivity contribution >= 4 is 28.8 Å². The largest absolute Gasteiger partial charge is 0.465 e. The van der Waals surface area contributed by atoms with E-state index in [4.69, 9.17) is 9.47 Å². The molecule has 38 heavy (non-hydrogen) atoms. The molecule has 6 rings (SSSR count). The fourth-order valence-electron chi connectivity index (χ4n) is 6.47. The minimum atomic E-state index is -1.36. The normalized spacial score (nSPS) is 33.7. The summed E-state index contributed by atoms with van der Waals surface area (Å²) < 4.78 is 14.0. The highest BCUT2D eigenvalue weighted by atomic mass is 16.6. The highest BCUT2D eigenvalue weighted by Crippen LogP contribution is 2.57. The van der Waals surface area contributed by atoms with E-state index in [0.717, 1.165) is 5.52 Å². The van der Waals surface area contributed by atoms with Crippen LogP contribution in [0.1, 0.15) is 26.2 Å². The lowest BCUT2D eigenvalue weighted by molar-refractivity contribution is -0.160. The Kier molecular flexibility index (Phi) is 6.07. The highest BCUT2D eigenvalue weighted by molar-refractivity contribution is 5.99. The molecule has 2 saturated heterocycles. The number of carbonyl (C=O) groups is 3. The molecule has 200 valence electrons. The van der Waals surface area contributed by atoms with E-state index in [2.05, 4.69) is 10.3 Å². The Balaban J connectivity index is 1.42. The molecule has 11 nitrogen and oxygen atoms in total. The van der Waals surface area contributed by atoms with Gasteiger partial charge in [0.05, 0.1) is 23.6 Å². The molecule has 4 aliphatic heterocycles. The number of aliphatic hydroxyl groups excluding tert-OH is 1. The zero-order valence-corrected chi connectivity index (χ0v) is 21.2. The van der Waals surface area contributed by atoms with Gasteiger partial charge in [0.1, 0.15) is 29.7 Å². The van der Waals surface area contributed by atoms with Crippen molar-refractivity contribution in [3.05, 3.63) is 48.6 Å². The number of nitrogens with zero attached hydrogens (tertiary/aromatic N) is 5. The number of cyclic esters (lactones) is 1. The molecule has 1 aromatic carbocycles. The number of likely N-dealkylation sites (tertiary alicyclic amines) is 1. The summed E-state index contributed by atoms with van der Waals surface area (Å²) in [5, 5.41) is 18.0. The summed E-state index contributed by atoms with van der Waals surface area (Å²) in [5.74, 6) is -2.98. The van der Waals surface area contributed by atoms with Crippen molar-refractivity contribution in [2.75, 3.05) is 26.3 Å². The van der Waals surface area contributed by atoms with Crippen LogP contribution in [0, 0.1) is 11.8 Å². The lowest BCUT2D eigenvalue weighted by atomic mass is 9.74. The van der Waals surface area contributed by atoms with Crippen LogP contribution in [-0.2, 0) is 30.5 Å². The topological polar surface area (TPSA) is 127 Å². The first-order valence-electron chi connectivity index (χ1n) is 13.1. The first-order chi connectivity index (χ1) is 18.4. The Labute approximate surface area is 219 Å². The van der Waals surface area contributed by atoms with Crippen molar-refractivity contribution in [1.82, 2.24) is 24.8 Å². The number of allylic oxidation sites excluding steroid dienone is 1. The lowest BCUT2D eigenvalue weighted by Crippen LogP contribution is -2.56. The van der Waals surface area contributed by atoms with E-state index < -0.39 is 35.0 Å². The van der Waals surface area contributed by atoms with Gasteiger partial charge in [0.25, 0.3) is 5.91 Å². The molecule has 0 bridgehead atoms. The molecule has 0 aliphatic carbocycles. The van der Waals surface area contributed by atoms with Crippen LogP contribution < -0.4 is 0 Å². The van der Waals surface area contributed by atoms with Crippen LogP contribution >= 0.6 is 0 Å². The molecule has 11 heteroatoms. The molecular formula is C27H31N5O6. The van der Waals surface area contributed by atoms with Crippen molar-refractivity contribution < 1.29 is 29.0 Å². The fourth-order valence-corrected chi connectivity index (χ4v) is 6.47. The van der Waals surface area contributed by atoms with Gasteiger partial charge in [-0.2, -0.15) is 0 Å². The molecule has 0 saturated carbocycles.